The minimum Gasteiger partial charge on any atom is -0.389 e. The third kappa shape index (κ3) is 6.30. The number of amides is 1. The second kappa shape index (κ2) is 9.35. The average molecular weight is 300 g/mol. The molecule has 0 radical (unpaired) electrons. The van der Waals surface area contributed by atoms with E-state index in [1.54, 1.807) is 0 Å². The molecule has 0 aromatic heterocycles. The Labute approximate surface area is 126 Å². The van der Waals surface area contributed by atoms with E-state index in [4.69, 9.17) is 9.47 Å². The van der Waals surface area contributed by atoms with Gasteiger partial charge in [0.2, 0.25) is 5.91 Å². The molecule has 0 aromatic carbocycles. The molecule has 0 aliphatic carbocycles. The zero-order valence-corrected chi connectivity index (χ0v) is 12.8. The van der Waals surface area contributed by atoms with E-state index in [1.807, 2.05) is 4.90 Å². The molecule has 6 nitrogen and oxygen atoms in total. The van der Waals surface area contributed by atoms with Gasteiger partial charge in [-0.3, -0.25) is 4.79 Å². The van der Waals surface area contributed by atoms with Crippen molar-refractivity contribution in [3.05, 3.63) is 0 Å². The Bertz CT molecular complexity index is 302. The molecule has 1 amide bonds. The minimum atomic E-state index is -0.534. The Balaban J connectivity index is 1.43. The number of likely N-dealkylation sites (tertiary alicyclic amines) is 1. The summed E-state index contributed by atoms with van der Waals surface area (Å²) in [5.41, 5.74) is 0. The summed E-state index contributed by atoms with van der Waals surface area (Å²) in [6, 6.07) is 0. The highest BCUT2D eigenvalue weighted by Crippen LogP contribution is 2.12. The largest absolute Gasteiger partial charge is 0.389 e. The summed E-state index contributed by atoms with van der Waals surface area (Å²) in [5.74, 6) is 0.212. The lowest BCUT2D eigenvalue weighted by molar-refractivity contribution is -0.130. The summed E-state index contributed by atoms with van der Waals surface area (Å²) in [4.78, 5) is 13.7. The fourth-order valence-electron chi connectivity index (χ4n) is 2.76. The molecule has 0 aromatic rings. The highest BCUT2D eigenvalue weighted by atomic mass is 16.5. The molecule has 2 fully saturated rings. The lowest BCUT2D eigenvalue weighted by Crippen LogP contribution is -2.35. The Kier molecular flexibility index (Phi) is 7.43. The molecule has 2 aliphatic heterocycles. The number of hydrogen-bond donors (Lipinski definition) is 2. The van der Waals surface area contributed by atoms with E-state index in [1.165, 1.54) is 0 Å². The van der Waals surface area contributed by atoms with Gasteiger partial charge in [0.15, 0.2) is 0 Å². The summed E-state index contributed by atoms with van der Waals surface area (Å²) >= 11 is 0. The summed E-state index contributed by atoms with van der Waals surface area (Å²) in [6.07, 6.45) is 4.57. The van der Waals surface area contributed by atoms with E-state index in [0.29, 0.717) is 32.7 Å². The van der Waals surface area contributed by atoms with Crippen LogP contribution in [0, 0.1) is 0 Å². The molecule has 2 aliphatic rings. The fraction of sp³-hybridized carbons (Fsp3) is 0.933. The van der Waals surface area contributed by atoms with Crippen molar-refractivity contribution in [1.29, 1.82) is 0 Å². The molecule has 2 rings (SSSR count). The lowest BCUT2D eigenvalue weighted by atomic mass is 10.2. The van der Waals surface area contributed by atoms with E-state index >= 15 is 0 Å². The zero-order valence-electron chi connectivity index (χ0n) is 12.8. The fourth-order valence-corrected chi connectivity index (χ4v) is 2.76. The van der Waals surface area contributed by atoms with Crippen molar-refractivity contribution in [3.8, 4) is 0 Å². The van der Waals surface area contributed by atoms with Crippen LogP contribution in [0.5, 0.6) is 0 Å². The van der Waals surface area contributed by atoms with Gasteiger partial charge in [-0.05, 0) is 25.7 Å². The highest BCUT2D eigenvalue weighted by molar-refractivity contribution is 5.76. The maximum absolute atomic E-state index is 11.8. The van der Waals surface area contributed by atoms with Gasteiger partial charge in [-0.2, -0.15) is 0 Å². The molecule has 0 saturated carbocycles. The summed E-state index contributed by atoms with van der Waals surface area (Å²) < 4.78 is 10.9. The summed E-state index contributed by atoms with van der Waals surface area (Å²) in [6.45, 7) is 4.56. The van der Waals surface area contributed by atoms with Crippen molar-refractivity contribution in [3.63, 3.8) is 0 Å². The molecule has 2 saturated heterocycles. The van der Waals surface area contributed by atoms with Gasteiger partial charge in [0, 0.05) is 39.2 Å². The monoisotopic (exact) mass is 300 g/mol. The molecule has 2 unspecified atom stereocenters. The predicted molar refractivity (Wildman–Crippen MR) is 79.1 cm³/mol. The molecule has 21 heavy (non-hydrogen) atoms. The van der Waals surface area contributed by atoms with Crippen molar-refractivity contribution in [2.75, 3.05) is 46.0 Å². The van der Waals surface area contributed by atoms with Crippen molar-refractivity contribution in [2.24, 2.45) is 0 Å². The van der Waals surface area contributed by atoms with E-state index in [2.05, 4.69) is 5.32 Å². The van der Waals surface area contributed by atoms with Gasteiger partial charge in [-0.25, -0.2) is 0 Å². The molecule has 2 heterocycles. The van der Waals surface area contributed by atoms with Crippen LogP contribution >= 0.6 is 0 Å². The van der Waals surface area contributed by atoms with Crippen molar-refractivity contribution in [2.45, 2.75) is 44.3 Å². The van der Waals surface area contributed by atoms with Crippen LogP contribution in [0.1, 0.15) is 32.1 Å². The SMILES string of the molecule is O=C(CCNCC(O)COCC1CCCO1)N1CCCC1. The number of ether oxygens (including phenoxy) is 2. The number of hydrogen-bond acceptors (Lipinski definition) is 5. The quantitative estimate of drug-likeness (QED) is 0.593. The van der Waals surface area contributed by atoms with Gasteiger partial charge in [-0.15, -0.1) is 0 Å². The molecule has 2 N–H and O–H groups in total. The number of carbonyl (C=O) groups is 1. The number of rotatable bonds is 9. The maximum Gasteiger partial charge on any atom is 0.223 e. The highest BCUT2D eigenvalue weighted by Gasteiger charge is 2.18. The van der Waals surface area contributed by atoms with Gasteiger partial charge >= 0.3 is 0 Å². The van der Waals surface area contributed by atoms with Crippen molar-refractivity contribution < 1.29 is 19.4 Å². The summed E-state index contributed by atoms with van der Waals surface area (Å²) in [5, 5.41) is 12.9. The average Bonchev–Trinajstić information content (AvgIpc) is 3.16. The molecular weight excluding hydrogens is 272 g/mol. The standard InChI is InChI=1S/C15H28N2O4/c18-13(11-20-12-14-4-3-9-21-14)10-16-6-5-15(19)17-7-1-2-8-17/h13-14,16,18H,1-12H2. The van der Waals surface area contributed by atoms with Crippen LogP contribution in [0.2, 0.25) is 0 Å². The lowest BCUT2D eigenvalue weighted by Gasteiger charge is -2.16. The van der Waals surface area contributed by atoms with Gasteiger partial charge in [0.25, 0.3) is 0 Å². The van der Waals surface area contributed by atoms with Crippen LogP contribution in [0.25, 0.3) is 0 Å². The first-order valence-corrected chi connectivity index (χ1v) is 8.11. The van der Waals surface area contributed by atoms with E-state index in [0.717, 1.165) is 45.4 Å². The van der Waals surface area contributed by atoms with E-state index in [-0.39, 0.29) is 12.0 Å². The Hall–Kier alpha value is -0.690. The third-order valence-corrected chi connectivity index (χ3v) is 3.99. The second-order valence-electron chi connectivity index (χ2n) is 5.87. The van der Waals surface area contributed by atoms with E-state index in [9.17, 15) is 9.90 Å². The minimum absolute atomic E-state index is 0.197. The Morgan fingerprint density at radius 2 is 2.19 bits per heavy atom. The van der Waals surface area contributed by atoms with Crippen molar-refractivity contribution >= 4 is 5.91 Å². The normalized spacial score (nSPS) is 23.7. The summed E-state index contributed by atoms with van der Waals surface area (Å²) in [7, 11) is 0. The van der Waals surface area contributed by atoms with Gasteiger partial charge in [-0.1, -0.05) is 0 Å². The van der Waals surface area contributed by atoms with Gasteiger partial charge in [0.05, 0.1) is 25.4 Å². The topological polar surface area (TPSA) is 71.0 Å². The van der Waals surface area contributed by atoms with Gasteiger partial charge < -0.3 is 24.8 Å². The Morgan fingerprint density at radius 3 is 2.90 bits per heavy atom. The number of carbonyl (C=O) groups excluding carboxylic acids is 1. The smallest absolute Gasteiger partial charge is 0.223 e. The number of aliphatic hydroxyl groups is 1. The first kappa shape index (κ1) is 16.7. The van der Waals surface area contributed by atoms with Crippen LogP contribution in [-0.4, -0.2) is 74.1 Å². The molecule has 122 valence electrons. The first-order valence-electron chi connectivity index (χ1n) is 8.11. The molecule has 2 atom stereocenters. The Morgan fingerprint density at radius 1 is 1.38 bits per heavy atom. The number of aliphatic hydroxyl groups excluding tert-OH is 1. The molecule has 0 bridgehead atoms. The van der Waals surface area contributed by atoms with Crippen LogP contribution < -0.4 is 5.32 Å². The zero-order chi connectivity index (χ0) is 14.9. The van der Waals surface area contributed by atoms with Crippen LogP contribution in [0.15, 0.2) is 0 Å². The molecule has 6 heteroatoms. The van der Waals surface area contributed by atoms with Crippen LogP contribution in [0.4, 0.5) is 0 Å². The van der Waals surface area contributed by atoms with Crippen molar-refractivity contribution in [1.82, 2.24) is 10.2 Å². The second-order valence-corrected chi connectivity index (χ2v) is 5.87. The number of nitrogens with zero attached hydrogens (tertiary/aromatic N) is 1. The van der Waals surface area contributed by atoms with Crippen LogP contribution in [-0.2, 0) is 14.3 Å². The third-order valence-electron chi connectivity index (χ3n) is 3.99. The first-order chi connectivity index (χ1) is 10.3. The van der Waals surface area contributed by atoms with Gasteiger partial charge in [0.1, 0.15) is 0 Å². The molecule has 0 spiro atoms. The van der Waals surface area contributed by atoms with E-state index < -0.39 is 6.10 Å². The maximum atomic E-state index is 11.8. The predicted octanol–water partition coefficient (Wildman–Crippen LogP) is 0.145. The molecular formula is C15H28N2O4. The van der Waals surface area contributed by atoms with Crippen LogP contribution in [0.3, 0.4) is 0 Å². The number of nitrogens with one attached hydrogen (secondary N) is 1.